The maximum absolute atomic E-state index is 13.8. The molecular weight excluding hydrogens is 260 g/mol. The average Bonchev–Trinajstić information content (AvgIpc) is 2.93. The summed E-state index contributed by atoms with van der Waals surface area (Å²) in [7, 11) is 0. The molecule has 3 nitrogen and oxygen atoms in total. The predicted octanol–water partition coefficient (Wildman–Crippen LogP) is 3.40. The fraction of sp³-hybridized carbons (Fsp3) is 0. The lowest BCUT2D eigenvalue weighted by Gasteiger charge is -2.03. The standard InChI is InChI=1S/C15H11F2N3/c16-13-7-15(18)14(17)6-12(13)10-8-19-20(9-10)11-4-2-1-3-5-11/h1-9H,18H2. The molecule has 2 N–H and O–H groups in total. The van der Waals surface area contributed by atoms with Gasteiger partial charge in [0.2, 0.25) is 0 Å². The van der Waals surface area contributed by atoms with Crippen LogP contribution in [0.3, 0.4) is 0 Å². The summed E-state index contributed by atoms with van der Waals surface area (Å²) in [5, 5.41) is 4.15. The van der Waals surface area contributed by atoms with Gasteiger partial charge in [-0.15, -0.1) is 0 Å². The fourth-order valence-corrected chi connectivity index (χ4v) is 1.97. The third kappa shape index (κ3) is 2.14. The molecule has 1 aromatic heterocycles. The summed E-state index contributed by atoms with van der Waals surface area (Å²) in [6.45, 7) is 0. The van der Waals surface area contributed by atoms with Crippen LogP contribution >= 0.6 is 0 Å². The van der Waals surface area contributed by atoms with Gasteiger partial charge in [0.15, 0.2) is 0 Å². The molecule has 2 aromatic carbocycles. The van der Waals surface area contributed by atoms with Gasteiger partial charge in [-0.25, -0.2) is 13.5 Å². The van der Waals surface area contributed by atoms with E-state index in [0.717, 1.165) is 17.8 Å². The van der Waals surface area contributed by atoms with Crippen LogP contribution in [0.2, 0.25) is 0 Å². The van der Waals surface area contributed by atoms with E-state index in [1.165, 1.54) is 6.20 Å². The lowest BCUT2D eigenvalue weighted by Crippen LogP contribution is -1.94. The van der Waals surface area contributed by atoms with Gasteiger partial charge in [0.25, 0.3) is 0 Å². The Kier molecular flexibility index (Phi) is 2.95. The topological polar surface area (TPSA) is 43.8 Å². The summed E-state index contributed by atoms with van der Waals surface area (Å²) in [5.74, 6) is -1.22. The van der Waals surface area contributed by atoms with Crippen LogP contribution < -0.4 is 5.73 Å². The maximum atomic E-state index is 13.8. The first-order valence-corrected chi connectivity index (χ1v) is 6.00. The lowest BCUT2D eigenvalue weighted by atomic mass is 10.1. The summed E-state index contributed by atoms with van der Waals surface area (Å²) in [4.78, 5) is 0. The highest BCUT2D eigenvalue weighted by Crippen LogP contribution is 2.26. The molecule has 0 spiro atoms. The van der Waals surface area contributed by atoms with Crippen molar-refractivity contribution in [2.24, 2.45) is 0 Å². The SMILES string of the molecule is Nc1cc(F)c(-c2cnn(-c3ccccc3)c2)cc1F. The number of anilines is 1. The molecule has 5 heteroatoms. The second kappa shape index (κ2) is 4.77. The van der Waals surface area contributed by atoms with Crippen LogP contribution in [-0.2, 0) is 0 Å². The van der Waals surface area contributed by atoms with E-state index in [0.29, 0.717) is 5.56 Å². The van der Waals surface area contributed by atoms with Crippen LogP contribution in [0.5, 0.6) is 0 Å². The van der Waals surface area contributed by atoms with Gasteiger partial charge in [-0.3, -0.25) is 0 Å². The Morgan fingerprint density at radius 1 is 1.00 bits per heavy atom. The zero-order valence-corrected chi connectivity index (χ0v) is 10.4. The minimum Gasteiger partial charge on any atom is -0.396 e. The van der Waals surface area contributed by atoms with Gasteiger partial charge in [-0.1, -0.05) is 18.2 Å². The van der Waals surface area contributed by atoms with Crippen molar-refractivity contribution in [2.45, 2.75) is 0 Å². The first-order valence-electron chi connectivity index (χ1n) is 6.00. The molecule has 0 radical (unpaired) electrons. The Bertz CT molecular complexity index is 751. The van der Waals surface area contributed by atoms with Gasteiger partial charge in [0, 0.05) is 23.4 Å². The first kappa shape index (κ1) is 12.3. The highest BCUT2D eigenvalue weighted by molar-refractivity contribution is 5.66. The molecule has 1 heterocycles. The molecule has 100 valence electrons. The van der Waals surface area contributed by atoms with Gasteiger partial charge in [0.1, 0.15) is 11.6 Å². The second-order valence-electron chi connectivity index (χ2n) is 4.36. The summed E-state index contributed by atoms with van der Waals surface area (Å²) in [5.41, 5.74) is 6.59. The molecule has 0 fully saturated rings. The zero-order valence-electron chi connectivity index (χ0n) is 10.4. The Morgan fingerprint density at radius 3 is 2.50 bits per heavy atom. The van der Waals surface area contributed by atoms with Crippen LogP contribution in [-0.4, -0.2) is 9.78 Å². The van der Waals surface area contributed by atoms with Gasteiger partial charge in [0.05, 0.1) is 17.6 Å². The van der Waals surface area contributed by atoms with Crippen molar-refractivity contribution in [3.63, 3.8) is 0 Å². The number of hydrogen-bond acceptors (Lipinski definition) is 2. The van der Waals surface area contributed by atoms with Gasteiger partial charge in [-0.2, -0.15) is 5.10 Å². The Labute approximate surface area is 114 Å². The van der Waals surface area contributed by atoms with Crippen molar-refractivity contribution >= 4 is 5.69 Å². The minimum absolute atomic E-state index is 0.138. The van der Waals surface area contributed by atoms with Crippen LogP contribution in [0.15, 0.2) is 54.9 Å². The van der Waals surface area contributed by atoms with E-state index in [1.807, 2.05) is 30.3 Å². The largest absolute Gasteiger partial charge is 0.396 e. The fourth-order valence-electron chi connectivity index (χ4n) is 1.97. The molecular formula is C15H11F2N3. The number of aromatic nitrogens is 2. The summed E-state index contributed by atoms with van der Waals surface area (Å²) in [6.07, 6.45) is 3.13. The molecule has 0 saturated heterocycles. The molecule has 0 bridgehead atoms. The molecule has 0 saturated carbocycles. The van der Waals surface area contributed by atoms with E-state index in [4.69, 9.17) is 5.73 Å². The molecule has 3 aromatic rings. The number of nitrogen functional groups attached to an aromatic ring is 1. The van der Waals surface area contributed by atoms with E-state index in [9.17, 15) is 8.78 Å². The number of benzene rings is 2. The van der Waals surface area contributed by atoms with Crippen molar-refractivity contribution in [1.82, 2.24) is 9.78 Å². The van der Waals surface area contributed by atoms with Gasteiger partial charge >= 0.3 is 0 Å². The number of nitrogens with two attached hydrogens (primary N) is 1. The Morgan fingerprint density at radius 2 is 1.75 bits per heavy atom. The Balaban J connectivity index is 2.05. The number of para-hydroxylation sites is 1. The summed E-state index contributed by atoms with van der Waals surface area (Å²) < 4.78 is 28.9. The smallest absolute Gasteiger partial charge is 0.146 e. The highest BCUT2D eigenvalue weighted by atomic mass is 19.1. The highest BCUT2D eigenvalue weighted by Gasteiger charge is 2.12. The van der Waals surface area contributed by atoms with Crippen LogP contribution in [0.1, 0.15) is 0 Å². The van der Waals surface area contributed by atoms with Gasteiger partial charge < -0.3 is 5.73 Å². The van der Waals surface area contributed by atoms with Crippen LogP contribution in [0, 0.1) is 11.6 Å². The third-order valence-corrected chi connectivity index (χ3v) is 3.00. The van der Waals surface area contributed by atoms with Crippen molar-refractivity contribution in [3.05, 3.63) is 66.5 Å². The molecule has 0 amide bonds. The van der Waals surface area contributed by atoms with E-state index in [1.54, 1.807) is 10.9 Å². The van der Waals surface area contributed by atoms with Crippen LogP contribution in [0.4, 0.5) is 14.5 Å². The summed E-state index contributed by atoms with van der Waals surface area (Å²) in [6, 6.07) is 11.4. The van der Waals surface area contributed by atoms with E-state index < -0.39 is 11.6 Å². The number of halogens is 2. The minimum atomic E-state index is -0.645. The first-order chi connectivity index (χ1) is 9.65. The van der Waals surface area contributed by atoms with Crippen molar-refractivity contribution in [2.75, 3.05) is 5.73 Å². The van der Waals surface area contributed by atoms with E-state index >= 15 is 0 Å². The maximum Gasteiger partial charge on any atom is 0.146 e. The molecule has 0 unspecified atom stereocenters. The molecule has 0 atom stereocenters. The van der Waals surface area contributed by atoms with E-state index in [2.05, 4.69) is 5.10 Å². The number of hydrogen-bond donors (Lipinski definition) is 1. The third-order valence-electron chi connectivity index (χ3n) is 3.00. The normalized spacial score (nSPS) is 10.7. The zero-order chi connectivity index (χ0) is 14.1. The monoisotopic (exact) mass is 271 g/mol. The Hall–Kier alpha value is -2.69. The molecule has 3 rings (SSSR count). The van der Waals surface area contributed by atoms with Crippen LogP contribution in [0.25, 0.3) is 16.8 Å². The number of rotatable bonds is 2. The lowest BCUT2D eigenvalue weighted by molar-refractivity contribution is 0.607. The summed E-state index contributed by atoms with van der Waals surface area (Å²) >= 11 is 0. The molecule has 0 aliphatic rings. The van der Waals surface area contributed by atoms with E-state index in [-0.39, 0.29) is 11.3 Å². The molecule has 0 aliphatic carbocycles. The quantitative estimate of drug-likeness (QED) is 0.726. The van der Waals surface area contributed by atoms with Crippen molar-refractivity contribution < 1.29 is 8.78 Å². The van der Waals surface area contributed by atoms with Gasteiger partial charge in [-0.05, 0) is 18.2 Å². The predicted molar refractivity (Wildman–Crippen MR) is 73.3 cm³/mol. The average molecular weight is 271 g/mol. The second-order valence-corrected chi connectivity index (χ2v) is 4.36. The van der Waals surface area contributed by atoms with Crippen molar-refractivity contribution in [3.8, 4) is 16.8 Å². The molecule has 0 aliphatic heterocycles. The molecule has 20 heavy (non-hydrogen) atoms. The van der Waals surface area contributed by atoms with Crippen molar-refractivity contribution in [1.29, 1.82) is 0 Å². The number of nitrogens with zero attached hydrogens (tertiary/aromatic N) is 2.